The summed E-state index contributed by atoms with van der Waals surface area (Å²) < 4.78 is 96.3. The van der Waals surface area contributed by atoms with Gasteiger partial charge in [-0.15, -0.1) is 0 Å². The molecule has 6 nitrogen and oxygen atoms in total. The van der Waals surface area contributed by atoms with E-state index in [0.29, 0.717) is 14.2 Å². The highest BCUT2D eigenvalue weighted by Gasteiger charge is 2.94. The van der Waals surface area contributed by atoms with Gasteiger partial charge < -0.3 is 9.47 Å². The number of methoxy groups -OCH3 is 2. The first-order valence-electron chi connectivity index (χ1n) is 8.52. The minimum atomic E-state index is -5.27. The third kappa shape index (κ3) is 1.98. The molecule has 28 heavy (non-hydrogen) atoms. The quantitative estimate of drug-likeness (QED) is 0.647. The van der Waals surface area contributed by atoms with E-state index in [1.54, 1.807) is 0 Å². The van der Waals surface area contributed by atoms with Crippen molar-refractivity contribution in [3.05, 3.63) is 0 Å². The van der Waals surface area contributed by atoms with Gasteiger partial charge >= 0.3 is 12.4 Å². The van der Waals surface area contributed by atoms with Crippen LogP contribution in [-0.2, 0) is 19.1 Å². The lowest BCUT2D eigenvalue weighted by Crippen LogP contribution is -2.90. The molecule has 2 unspecified atom stereocenters. The first kappa shape index (κ1) is 21.2. The molecule has 3 aliphatic rings. The zero-order valence-corrected chi connectivity index (χ0v) is 15.6. The van der Waals surface area contributed by atoms with E-state index < -0.39 is 72.4 Å². The average Bonchev–Trinajstić information content (AvgIpc) is 3.42. The highest BCUT2D eigenvalue weighted by Crippen LogP contribution is 2.73. The topological polar surface area (TPSA) is 59.1 Å². The molecule has 0 N–H and O–H groups in total. The van der Waals surface area contributed by atoms with Gasteiger partial charge in [-0.25, -0.2) is 0 Å². The summed E-state index contributed by atoms with van der Waals surface area (Å²) in [6.07, 6.45) is -12.2. The molecule has 0 aromatic rings. The van der Waals surface area contributed by atoms with Crippen molar-refractivity contribution in [1.29, 1.82) is 0 Å². The molecule has 1 saturated heterocycles. The van der Waals surface area contributed by atoms with Crippen molar-refractivity contribution in [1.82, 2.24) is 9.80 Å². The number of hydrogen-bond donors (Lipinski definition) is 0. The minimum absolute atomic E-state index is 0.142. The number of halogens is 6. The molecule has 1 heterocycles. The molecular weight excluding hydrogens is 398 g/mol. The van der Waals surface area contributed by atoms with Crippen LogP contribution in [0.1, 0.15) is 39.5 Å². The van der Waals surface area contributed by atoms with Crippen molar-refractivity contribution < 1.29 is 45.4 Å². The summed E-state index contributed by atoms with van der Waals surface area (Å²) in [5.74, 6) is -2.48. The molecule has 1 aliphatic heterocycles. The van der Waals surface area contributed by atoms with Gasteiger partial charge in [-0.3, -0.25) is 19.4 Å². The van der Waals surface area contributed by atoms with E-state index in [2.05, 4.69) is 0 Å². The zero-order valence-electron chi connectivity index (χ0n) is 15.6. The standard InChI is InChI=1S/C16H20F6N2O4/c1-9(25)23-11(5-6-11)14(28-4,16(20,21)22)24(10(2)26)12(7-8-12)13(23,27-3)15(17,18)19/h5-8H2,1-4H3. The number of ether oxygens (including phenoxy) is 2. The Kier molecular flexibility index (Phi) is 4.18. The number of alkyl halides is 6. The maximum Gasteiger partial charge on any atom is 0.439 e. The van der Waals surface area contributed by atoms with Crippen LogP contribution in [-0.4, -0.2) is 70.7 Å². The zero-order chi connectivity index (χ0) is 21.6. The van der Waals surface area contributed by atoms with Gasteiger partial charge in [0, 0.05) is 28.1 Å². The van der Waals surface area contributed by atoms with Crippen molar-refractivity contribution in [2.75, 3.05) is 14.2 Å². The Balaban J connectivity index is 2.46. The van der Waals surface area contributed by atoms with Gasteiger partial charge in [0.05, 0.1) is 0 Å². The summed E-state index contributed by atoms with van der Waals surface area (Å²) in [5, 5.41) is 0. The van der Waals surface area contributed by atoms with Crippen LogP contribution in [0.25, 0.3) is 0 Å². The van der Waals surface area contributed by atoms with E-state index in [9.17, 15) is 35.9 Å². The molecule has 0 aromatic heterocycles. The van der Waals surface area contributed by atoms with Crippen LogP contribution in [0, 0.1) is 0 Å². The number of nitrogens with zero attached hydrogens (tertiary/aromatic N) is 2. The van der Waals surface area contributed by atoms with Crippen LogP contribution in [0.4, 0.5) is 26.3 Å². The Morgan fingerprint density at radius 2 is 0.964 bits per heavy atom. The largest absolute Gasteiger partial charge is 0.439 e. The number of hydrogen-bond acceptors (Lipinski definition) is 4. The van der Waals surface area contributed by atoms with E-state index in [0.717, 1.165) is 13.8 Å². The van der Waals surface area contributed by atoms with E-state index in [4.69, 9.17) is 9.47 Å². The highest BCUT2D eigenvalue weighted by atomic mass is 19.4. The Morgan fingerprint density at radius 3 is 1.07 bits per heavy atom. The summed E-state index contributed by atoms with van der Waals surface area (Å²) in [7, 11) is 1.37. The molecular formula is C16H20F6N2O4. The Morgan fingerprint density at radius 1 is 0.714 bits per heavy atom. The van der Waals surface area contributed by atoms with E-state index >= 15 is 0 Å². The lowest BCUT2D eigenvalue weighted by atomic mass is 9.80. The summed E-state index contributed by atoms with van der Waals surface area (Å²) in [6.45, 7) is 1.52. The van der Waals surface area contributed by atoms with Crippen LogP contribution >= 0.6 is 0 Å². The molecule has 0 aromatic carbocycles. The average molecular weight is 418 g/mol. The van der Waals surface area contributed by atoms with Crippen molar-refractivity contribution in [3.63, 3.8) is 0 Å². The van der Waals surface area contributed by atoms with Crippen LogP contribution in [0.3, 0.4) is 0 Å². The SMILES string of the molecule is COC1(C(F)(F)F)N(C(C)=O)C2(CC2)C(OC)(C(F)(F)F)N(C(C)=O)C12CC2. The lowest BCUT2D eigenvalue weighted by Gasteiger charge is -2.66. The van der Waals surface area contributed by atoms with Crippen molar-refractivity contribution in [2.24, 2.45) is 0 Å². The van der Waals surface area contributed by atoms with Gasteiger partial charge in [0.25, 0.3) is 11.4 Å². The van der Waals surface area contributed by atoms with Crippen molar-refractivity contribution in [3.8, 4) is 0 Å². The second kappa shape index (κ2) is 5.53. The van der Waals surface area contributed by atoms with Gasteiger partial charge in [-0.05, 0) is 25.7 Å². The Hall–Kier alpha value is -1.56. The third-order valence-corrected chi connectivity index (χ3v) is 6.18. The summed E-state index contributed by atoms with van der Waals surface area (Å²) in [4.78, 5) is 25.1. The molecule has 2 aliphatic carbocycles. The van der Waals surface area contributed by atoms with Gasteiger partial charge in [0.1, 0.15) is 11.1 Å². The molecule has 12 heteroatoms. The van der Waals surface area contributed by atoms with Crippen LogP contribution in [0.2, 0.25) is 0 Å². The summed E-state index contributed by atoms with van der Waals surface area (Å²) >= 11 is 0. The van der Waals surface area contributed by atoms with Crippen LogP contribution < -0.4 is 0 Å². The fourth-order valence-corrected chi connectivity index (χ4v) is 5.31. The molecule has 0 bridgehead atoms. The molecule has 2 saturated carbocycles. The van der Waals surface area contributed by atoms with Crippen LogP contribution in [0.5, 0.6) is 0 Å². The predicted molar refractivity (Wildman–Crippen MR) is 80.6 cm³/mol. The maximum absolute atomic E-state index is 14.4. The predicted octanol–water partition coefficient (Wildman–Crippen LogP) is 2.57. The molecule has 0 radical (unpaired) electrons. The summed E-state index contributed by atoms with van der Waals surface area (Å²) in [5.41, 5.74) is -11.7. The van der Waals surface area contributed by atoms with E-state index in [1.165, 1.54) is 0 Å². The highest BCUT2D eigenvalue weighted by molar-refractivity contribution is 5.81. The van der Waals surface area contributed by atoms with Gasteiger partial charge in [-0.2, -0.15) is 26.3 Å². The second-order valence-electron chi connectivity index (χ2n) is 7.46. The fraction of sp³-hybridized carbons (Fsp3) is 0.875. The van der Waals surface area contributed by atoms with Gasteiger partial charge in [-0.1, -0.05) is 0 Å². The monoisotopic (exact) mass is 418 g/mol. The smallest absolute Gasteiger partial charge is 0.349 e. The van der Waals surface area contributed by atoms with Gasteiger partial charge in [0.15, 0.2) is 0 Å². The molecule has 2 amide bonds. The molecule has 3 fully saturated rings. The number of amides is 2. The van der Waals surface area contributed by atoms with Crippen LogP contribution in [0.15, 0.2) is 0 Å². The first-order valence-corrected chi connectivity index (χ1v) is 8.52. The third-order valence-electron chi connectivity index (χ3n) is 6.18. The van der Waals surface area contributed by atoms with Gasteiger partial charge in [0.2, 0.25) is 11.8 Å². The first-order chi connectivity index (χ1) is 12.7. The Labute approximate surface area is 156 Å². The second-order valence-corrected chi connectivity index (χ2v) is 7.46. The lowest BCUT2D eigenvalue weighted by molar-refractivity contribution is -0.436. The number of rotatable bonds is 2. The van der Waals surface area contributed by atoms with E-state index in [-0.39, 0.29) is 9.80 Å². The molecule has 160 valence electrons. The Bertz CT molecular complexity index is 655. The maximum atomic E-state index is 14.4. The number of carbonyl (C=O) groups excluding carboxylic acids is 2. The number of carbonyl (C=O) groups is 2. The normalized spacial score (nSPS) is 33.4. The fourth-order valence-electron chi connectivity index (χ4n) is 5.31. The van der Waals surface area contributed by atoms with Crippen molar-refractivity contribution in [2.45, 2.75) is 74.4 Å². The minimum Gasteiger partial charge on any atom is -0.349 e. The van der Waals surface area contributed by atoms with E-state index in [1.807, 2.05) is 0 Å². The summed E-state index contributed by atoms with van der Waals surface area (Å²) in [6, 6.07) is 0. The molecule has 2 atom stereocenters. The molecule has 3 rings (SSSR count). The molecule has 2 spiro atoms. The number of piperazine rings is 1. The van der Waals surface area contributed by atoms with Crippen molar-refractivity contribution >= 4 is 11.8 Å².